The molecule has 4 rings (SSSR count). The van der Waals surface area contributed by atoms with E-state index in [-0.39, 0.29) is 44.0 Å². The molecule has 4 aliphatic heterocycles. The number of Topliss-reactive ketones (excluding diaryl/α,β-unsaturated/α-hetero) is 1. The van der Waals surface area contributed by atoms with Gasteiger partial charge in [-0.15, -0.1) is 0 Å². The molecule has 0 aromatic rings. The minimum Gasteiger partial charge on any atom is -0.459 e. The van der Waals surface area contributed by atoms with Crippen LogP contribution in [0, 0.1) is 29.6 Å². The zero-order valence-electron chi connectivity index (χ0n) is 36.0. The smallest absolute Gasteiger partial charge is 0.311 e. The first kappa shape index (κ1) is 46.8. The molecule has 4 saturated heterocycles. The van der Waals surface area contributed by atoms with Gasteiger partial charge in [-0.25, -0.2) is 0 Å². The number of carbonyl (C=O) groups excluding carboxylic acids is 3. The normalized spacial score (nSPS) is 47.3. The highest BCUT2D eigenvalue weighted by atomic mass is 16.7. The molecule has 0 spiro atoms. The molecule has 56 heavy (non-hydrogen) atoms. The summed E-state index contributed by atoms with van der Waals surface area (Å²) in [5.41, 5.74) is -2.71. The van der Waals surface area contributed by atoms with Gasteiger partial charge in [0, 0.05) is 43.2 Å². The van der Waals surface area contributed by atoms with Gasteiger partial charge in [-0.3, -0.25) is 9.59 Å². The topological polar surface area (TPSA) is 169 Å². The Bertz CT molecular complexity index is 1380. The molecule has 0 bridgehead atoms. The van der Waals surface area contributed by atoms with Crippen LogP contribution in [0.1, 0.15) is 94.9 Å². The molecular weight excluding hydrogens is 726 g/mol. The number of aliphatic hydroxyl groups excluding tert-OH is 2. The lowest BCUT2D eigenvalue weighted by atomic mass is 9.69. The Kier molecular flexibility index (Phi) is 15.6. The standard InChI is InChI=1S/C42H71NO13/c1-15-30-42(11)32(23(3)21-51-42)25(5)33(45)22(2)19-41(10,50-17-16-44)37(56-39-34(46)29(43(12)13)18-24(4)52-39)26(6)35(27(7)38(48)54-30)55-31-20-40(9,49-14)36(47)28(8)53-31/h16,22,24-32,34-37,39,46-47H,3,15,17-21H2,1-2,4-14H3/t22-,24-,25?,26+,27-,28+,29+,30-,31?,32+,34-,35+,36+,37-,39+,40-,41-,42-/m1/s1. The second kappa shape index (κ2) is 18.6. The number of nitrogens with zero attached hydrogens (tertiary/aromatic N) is 1. The van der Waals surface area contributed by atoms with Crippen molar-refractivity contribution in [3.05, 3.63) is 12.2 Å². The summed E-state index contributed by atoms with van der Waals surface area (Å²) in [5.74, 6) is -3.98. The number of ketones is 1. The van der Waals surface area contributed by atoms with Crippen molar-refractivity contribution in [2.24, 2.45) is 29.6 Å². The van der Waals surface area contributed by atoms with Crippen LogP contribution in [-0.4, -0.2) is 146 Å². The van der Waals surface area contributed by atoms with E-state index in [9.17, 15) is 24.6 Å². The fourth-order valence-corrected chi connectivity index (χ4v) is 10.0. The predicted octanol–water partition coefficient (Wildman–Crippen LogP) is 3.86. The van der Waals surface area contributed by atoms with Gasteiger partial charge in [0.05, 0.1) is 48.1 Å². The molecule has 4 fully saturated rings. The van der Waals surface area contributed by atoms with Gasteiger partial charge in [0.1, 0.15) is 42.6 Å². The lowest BCUT2D eigenvalue weighted by Gasteiger charge is -2.50. The predicted molar refractivity (Wildman–Crippen MR) is 206 cm³/mol. The summed E-state index contributed by atoms with van der Waals surface area (Å²) in [5, 5.41) is 22.7. The summed E-state index contributed by atoms with van der Waals surface area (Å²) in [7, 11) is 5.27. The van der Waals surface area contributed by atoms with Crippen molar-refractivity contribution in [2.45, 2.75) is 173 Å². The molecule has 4 heterocycles. The molecule has 322 valence electrons. The molecule has 4 aliphatic rings. The number of aldehydes is 1. The quantitative estimate of drug-likeness (QED) is 0.186. The van der Waals surface area contributed by atoms with Crippen LogP contribution in [0.15, 0.2) is 12.2 Å². The van der Waals surface area contributed by atoms with Gasteiger partial charge in [-0.2, -0.15) is 0 Å². The second-order valence-corrected chi connectivity index (χ2v) is 17.8. The molecule has 14 nitrogen and oxygen atoms in total. The van der Waals surface area contributed by atoms with E-state index in [4.69, 9.17) is 37.9 Å². The first-order chi connectivity index (χ1) is 26.1. The number of methoxy groups -OCH3 is 1. The van der Waals surface area contributed by atoms with E-state index in [2.05, 4.69) is 6.58 Å². The number of fused-ring (bicyclic) bond motifs is 1. The van der Waals surface area contributed by atoms with Gasteiger partial charge < -0.3 is 57.8 Å². The van der Waals surface area contributed by atoms with Crippen LogP contribution in [0.2, 0.25) is 0 Å². The number of rotatable bonds is 10. The molecule has 0 aromatic carbocycles. The van der Waals surface area contributed by atoms with Gasteiger partial charge in [-0.1, -0.05) is 34.3 Å². The van der Waals surface area contributed by atoms with E-state index in [0.717, 1.165) is 5.57 Å². The molecule has 0 amide bonds. The maximum absolute atomic E-state index is 14.6. The van der Waals surface area contributed by atoms with Gasteiger partial charge in [-0.05, 0) is 80.5 Å². The molecule has 0 radical (unpaired) electrons. The first-order valence-corrected chi connectivity index (χ1v) is 20.4. The van der Waals surface area contributed by atoms with Crippen LogP contribution < -0.4 is 0 Å². The first-order valence-electron chi connectivity index (χ1n) is 20.4. The third kappa shape index (κ3) is 9.45. The lowest BCUT2D eigenvalue weighted by Crippen LogP contribution is -2.61. The minimum atomic E-state index is -1.38. The van der Waals surface area contributed by atoms with Crippen molar-refractivity contribution in [2.75, 3.05) is 34.4 Å². The number of aliphatic hydroxyl groups is 2. The fourth-order valence-electron chi connectivity index (χ4n) is 10.0. The van der Waals surface area contributed by atoms with Crippen LogP contribution in [0.5, 0.6) is 0 Å². The number of hydrogen-bond acceptors (Lipinski definition) is 14. The number of cyclic esters (lactones) is 1. The molecule has 18 atom stereocenters. The van der Waals surface area contributed by atoms with Crippen molar-refractivity contribution in [3.8, 4) is 0 Å². The molecule has 14 heteroatoms. The zero-order chi connectivity index (χ0) is 42.1. The van der Waals surface area contributed by atoms with Crippen molar-refractivity contribution < 1.29 is 62.5 Å². The Hall–Kier alpha value is -1.85. The Labute approximate surface area is 334 Å². The summed E-state index contributed by atoms with van der Waals surface area (Å²) in [6.45, 7) is 22.4. The average Bonchev–Trinajstić information content (AvgIpc) is 3.46. The maximum atomic E-state index is 14.6. The second-order valence-electron chi connectivity index (χ2n) is 17.8. The number of likely N-dealkylation sites (N-methyl/N-ethyl adjacent to an activating group) is 1. The van der Waals surface area contributed by atoms with E-state index >= 15 is 0 Å². The molecule has 0 aromatic heterocycles. The van der Waals surface area contributed by atoms with Crippen LogP contribution in [0.25, 0.3) is 0 Å². The van der Waals surface area contributed by atoms with Gasteiger partial charge in [0.15, 0.2) is 12.6 Å². The van der Waals surface area contributed by atoms with Crippen LogP contribution >= 0.6 is 0 Å². The lowest BCUT2D eigenvalue weighted by molar-refractivity contribution is -0.320. The third-order valence-corrected chi connectivity index (χ3v) is 13.3. The van der Waals surface area contributed by atoms with E-state index in [1.165, 1.54) is 7.11 Å². The summed E-state index contributed by atoms with van der Waals surface area (Å²) in [4.78, 5) is 43.1. The van der Waals surface area contributed by atoms with Crippen LogP contribution in [0.3, 0.4) is 0 Å². The molecule has 2 unspecified atom stereocenters. The summed E-state index contributed by atoms with van der Waals surface area (Å²) in [6, 6.07) is -0.306. The largest absolute Gasteiger partial charge is 0.459 e. The minimum absolute atomic E-state index is 0.0724. The Balaban J connectivity index is 1.91. The number of carbonyl (C=O) groups is 3. The van der Waals surface area contributed by atoms with E-state index in [0.29, 0.717) is 19.1 Å². The highest BCUT2D eigenvalue weighted by Crippen LogP contribution is 2.47. The highest BCUT2D eigenvalue weighted by Gasteiger charge is 2.56. The monoisotopic (exact) mass is 797 g/mol. The SMILES string of the molecule is C=C1CO[C@]2(C)[C@@H](CC)OC(=O)[C@H](C)[C@@H](OC3C[C@@](C)(OC)[C@@H](O)[C@H](C)O3)[C@H](C)[C@@H](O[C@@H]3O[C@H](C)C[C@H](N(C)C)[C@H]3O)[C@](C)(OCC=O)C[C@@H](C)C(=O)C(C)[C@H]12. The summed E-state index contributed by atoms with van der Waals surface area (Å²) in [6.07, 6.45) is -6.01. The maximum Gasteiger partial charge on any atom is 0.311 e. The van der Waals surface area contributed by atoms with Crippen molar-refractivity contribution in [3.63, 3.8) is 0 Å². The van der Waals surface area contributed by atoms with Gasteiger partial charge >= 0.3 is 5.97 Å². The van der Waals surface area contributed by atoms with Gasteiger partial charge in [0.25, 0.3) is 0 Å². The van der Waals surface area contributed by atoms with E-state index in [1.807, 2.05) is 60.5 Å². The fraction of sp³-hybridized carbons (Fsp3) is 0.881. The number of esters is 1. The molecule has 0 aliphatic carbocycles. The van der Waals surface area contributed by atoms with Gasteiger partial charge in [0.2, 0.25) is 0 Å². The Morgan fingerprint density at radius 1 is 0.964 bits per heavy atom. The zero-order valence-corrected chi connectivity index (χ0v) is 36.0. The Morgan fingerprint density at radius 2 is 1.62 bits per heavy atom. The molecule has 2 N–H and O–H groups in total. The van der Waals surface area contributed by atoms with E-state index in [1.54, 1.807) is 27.7 Å². The van der Waals surface area contributed by atoms with Crippen LogP contribution in [-0.2, 0) is 52.3 Å². The number of ether oxygens (including phenoxy) is 8. The summed E-state index contributed by atoms with van der Waals surface area (Å²) >= 11 is 0. The van der Waals surface area contributed by atoms with Crippen LogP contribution in [0.4, 0.5) is 0 Å². The van der Waals surface area contributed by atoms with Crippen molar-refractivity contribution >= 4 is 18.0 Å². The number of hydrogen-bond donors (Lipinski definition) is 2. The Morgan fingerprint density at radius 3 is 2.21 bits per heavy atom. The highest BCUT2D eigenvalue weighted by molar-refractivity contribution is 5.84. The summed E-state index contributed by atoms with van der Waals surface area (Å²) < 4.78 is 51.3. The molecule has 0 saturated carbocycles. The third-order valence-electron chi connectivity index (χ3n) is 13.3. The van der Waals surface area contributed by atoms with E-state index < -0.39 is 102 Å². The average molecular weight is 798 g/mol. The molecular formula is C42H71NO13. The van der Waals surface area contributed by atoms with Crippen molar-refractivity contribution in [1.82, 2.24) is 4.90 Å². The van der Waals surface area contributed by atoms with Crippen molar-refractivity contribution in [1.29, 1.82) is 0 Å².